The van der Waals surface area contributed by atoms with Gasteiger partial charge in [-0.05, 0) is 18.2 Å². The van der Waals surface area contributed by atoms with Crippen LogP contribution >= 0.6 is 23.8 Å². The Kier molecular flexibility index (Phi) is 3.35. The highest BCUT2D eigenvalue weighted by atomic mass is 35.5. The molecule has 1 N–H and O–H groups in total. The number of hydrogen-bond donors (Lipinski definition) is 1. The lowest BCUT2D eigenvalue weighted by Gasteiger charge is -2.17. The number of aromatic amines is 1. The Balaban J connectivity index is 2.15. The van der Waals surface area contributed by atoms with E-state index < -0.39 is 0 Å². The zero-order valence-electron chi connectivity index (χ0n) is 9.87. The minimum atomic E-state index is -0.376. The minimum absolute atomic E-state index is 0.310. The number of nitrogens with one attached hydrogen (secondary N) is 1. The lowest BCUT2D eigenvalue weighted by atomic mass is 10.1. The molecule has 0 unspecified atom stereocenters. The Hall–Kier alpha value is -1.30. The van der Waals surface area contributed by atoms with Gasteiger partial charge in [0.2, 0.25) is 0 Å². The van der Waals surface area contributed by atoms with Gasteiger partial charge in [0.1, 0.15) is 16.3 Å². The number of hydrogen-bond acceptors (Lipinski definition) is 3. The average Bonchev–Trinajstić information content (AvgIpc) is 2.38. The standard InChI is InChI=1S/C13H10ClFN2OS/c14-10-5-7(15)1-2-8(10)12-16-11-3-4-18-6-9(11)13(19)17-12/h1-2,5H,3-4,6H2,(H,16,17,19). The van der Waals surface area contributed by atoms with Crippen LogP contribution < -0.4 is 0 Å². The van der Waals surface area contributed by atoms with Crippen LogP contribution in [0.5, 0.6) is 0 Å². The number of fused-ring (bicyclic) bond motifs is 1. The quantitative estimate of drug-likeness (QED) is 0.816. The molecule has 2 heterocycles. The molecule has 0 atom stereocenters. The van der Waals surface area contributed by atoms with Gasteiger partial charge in [0, 0.05) is 23.2 Å². The molecule has 1 aliphatic rings. The summed E-state index contributed by atoms with van der Waals surface area (Å²) in [5.74, 6) is 0.189. The van der Waals surface area contributed by atoms with Gasteiger partial charge in [0.15, 0.2) is 0 Å². The highest BCUT2D eigenvalue weighted by molar-refractivity contribution is 7.71. The lowest BCUT2D eigenvalue weighted by molar-refractivity contribution is 0.108. The predicted octanol–water partition coefficient (Wildman–Crippen LogP) is 3.67. The molecule has 0 aliphatic carbocycles. The first-order valence-corrected chi connectivity index (χ1v) is 6.59. The van der Waals surface area contributed by atoms with Crippen LogP contribution in [-0.2, 0) is 17.8 Å². The SMILES string of the molecule is Fc1ccc(-c2nc(=S)c3c([nH]2)CCOC3)c(Cl)c1. The Morgan fingerprint density at radius 2 is 2.26 bits per heavy atom. The van der Waals surface area contributed by atoms with E-state index in [4.69, 9.17) is 28.6 Å². The number of ether oxygens (including phenoxy) is 1. The van der Waals surface area contributed by atoms with Gasteiger partial charge < -0.3 is 9.72 Å². The molecule has 0 bridgehead atoms. The molecular weight excluding hydrogens is 287 g/mol. The van der Waals surface area contributed by atoms with E-state index in [1.54, 1.807) is 6.07 Å². The summed E-state index contributed by atoms with van der Waals surface area (Å²) < 4.78 is 18.9. The first-order valence-electron chi connectivity index (χ1n) is 5.80. The highest BCUT2D eigenvalue weighted by Gasteiger charge is 2.15. The fourth-order valence-electron chi connectivity index (χ4n) is 2.06. The van der Waals surface area contributed by atoms with E-state index in [0.29, 0.717) is 34.3 Å². The van der Waals surface area contributed by atoms with Crippen molar-refractivity contribution in [1.82, 2.24) is 9.97 Å². The summed E-state index contributed by atoms with van der Waals surface area (Å²) in [6.45, 7) is 1.13. The fourth-order valence-corrected chi connectivity index (χ4v) is 2.59. The molecule has 19 heavy (non-hydrogen) atoms. The summed E-state index contributed by atoms with van der Waals surface area (Å²) in [6, 6.07) is 4.21. The molecule has 98 valence electrons. The van der Waals surface area contributed by atoms with Crippen molar-refractivity contribution in [1.29, 1.82) is 0 Å². The summed E-state index contributed by atoms with van der Waals surface area (Å²) in [6.07, 6.45) is 0.757. The first-order chi connectivity index (χ1) is 9.15. The molecule has 0 spiro atoms. The van der Waals surface area contributed by atoms with Gasteiger partial charge >= 0.3 is 0 Å². The van der Waals surface area contributed by atoms with Crippen molar-refractivity contribution >= 4 is 23.8 Å². The van der Waals surface area contributed by atoms with Gasteiger partial charge in [-0.25, -0.2) is 9.37 Å². The number of H-pyrrole nitrogens is 1. The molecule has 0 amide bonds. The summed E-state index contributed by atoms with van der Waals surface area (Å²) in [7, 11) is 0. The van der Waals surface area contributed by atoms with Crippen molar-refractivity contribution in [2.24, 2.45) is 0 Å². The third-order valence-electron chi connectivity index (χ3n) is 3.03. The van der Waals surface area contributed by atoms with Crippen molar-refractivity contribution in [3.8, 4) is 11.4 Å². The van der Waals surface area contributed by atoms with Gasteiger partial charge in [0.05, 0.1) is 18.2 Å². The van der Waals surface area contributed by atoms with Gasteiger partial charge in [-0.1, -0.05) is 23.8 Å². The Morgan fingerprint density at radius 1 is 1.42 bits per heavy atom. The maximum absolute atomic E-state index is 13.1. The monoisotopic (exact) mass is 296 g/mol. The molecule has 6 heteroatoms. The average molecular weight is 297 g/mol. The zero-order chi connectivity index (χ0) is 13.4. The second-order valence-electron chi connectivity index (χ2n) is 4.27. The van der Waals surface area contributed by atoms with E-state index in [0.717, 1.165) is 17.7 Å². The molecule has 3 rings (SSSR count). The van der Waals surface area contributed by atoms with Crippen LogP contribution in [0.2, 0.25) is 5.02 Å². The highest BCUT2D eigenvalue weighted by Crippen LogP contribution is 2.27. The van der Waals surface area contributed by atoms with E-state index in [1.807, 2.05) is 0 Å². The van der Waals surface area contributed by atoms with E-state index >= 15 is 0 Å². The number of benzene rings is 1. The van der Waals surface area contributed by atoms with Crippen LogP contribution in [0.25, 0.3) is 11.4 Å². The molecule has 2 aromatic rings. The van der Waals surface area contributed by atoms with Gasteiger partial charge in [-0.15, -0.1) is 0 Å². The van der Waals surface area contributed by atoms with E-state index in [1.165, 1.54) is 12.1 Å². The molecule has 0 radical (unpaired) electrons. The van der Waals surface area contributed by atoms with Crippen molar-refractivity contribution in [2.45, 2.75) is 13.0 Å². The fraction of sp³-hybridized carbons (Fsp3) is 0.231. The summed E-state index contributed by atoms with van der Waals surface area (Å²) in [4.78, 5) is 7.54. The van der Waals surface area contributed by atoms with Gasteiger partial charge in [0.25, 0.3) is 0 Å². The molecule has 0 fully saturated rings. The first kappa shape index (κ1) is 12.7. The van der Waals surface area contributed by atoms with Gasteiger partial charge in [-0.3, -0.25) is 0 Å². The van der Waals surface area contributed by atoms with Gasteiger partial charge in [-0.2, -0.15) is 0 Å². The predicted molar refractivity (Wildman–Crippen MR) is 73.2 cm³/mol. The second-order valence-corrected chi connectivity index (χ2v) is 5.07. The number of nitrogens with zero attached hydrogens (tertiary/aromatic N) is 1. The molecule has 0 saturated carbocycles. The van der Waals surface area contributed by atoms with Crippen LogP contribution in [0.1, 0.15) is 11.3 Å². The topological polar surface area (TPSA) is 37.9 Å². The Morgan fingerprint density at radius 3 is 3.05 bits per heavy atom. The Bertz CT molecular complexity index is 702. The van der Waals surface area contributed by atoms with Crippen molar-refractivity contribution in [2.75, 3.05) is 6.61 Å². The van der Waals surface area contributed by atoms with E-state index in [9.17, 15) is 4.39 Å². The molecular formula is C13H10ClFN2OS. The molecule has 3 nitrogen and oxygen atoms in total. The second kappa shape index (κ2) is 5.00. The van der Waals surface area contributed by atoms with Crippen LogP contribution in [0.3, 0.4) is 0 Å². The van der Waals surface area contributed by atoms with E-state index in [2.05, 4.69) is 9.97 Å². The smallest absolute Gasteiger partial charge is 0.140 e. The van der Waals surface area contributed by atoms with Crippen molar-refractivity contribution < 1.29 is 9.13 Å². The third-order valence-corrected chi connectivity index (χ3v) is 3.68. The van der Waals surface area contributed by atoms with Crippen LogP contribution in [0, 0.1) is 10.5 Å². The maximum Gasteiger partial charge on any atom is 0.140 e. The van der Waals surface area contributed by atoms with Crippen LogP contribution in [-0.4, -0.2) is 16.6 Å². The summed E-state index contributed by atoms with van der Waals surface area (Å²) >= 11 is 11.3. The molecule has 1 aliphatic heterocycles. The Labute approximate surface area is 119 Å². The van der Waals surface area contributed by atoms with Crippen molar-refractivity contribution in [3.05, 3.63) is 44.9 Å². The maximum atomic E-state index is 13.1. The lowest BCUT2D eigenvalue weighted by Crippen LogP contribution is -2.14. The minimum Gasteiger partial charge on any atom is -0.376 e. The number of halogens is 2. The van der Waals surface area contributed by atoms with Crippen LogP contribution in [0.15, 0.2) is 18.2 Å². The van der Waals surface area contributed by atoms with Crippen LogP contribution in [0.4, 0.5) is 4.39 Å². The third kappa shape index (κ3) is 2.41. The molecule has 1 aromatic heterocycles. The largest absolute Gasteiger partial charge is 0.376 e. The number of rotatable bonds is 1. The summed E-state index contributed by atoms with van der Waals surface area (Å²) in [5.41, 5.74) is 2.58. The zero-order valence-corrected chi connectivity index (χ0v) is 11.4. The van der Waals surface area contributed by atoms with Crippen molar-refractivity contribution in [3.63, 3.8) is 0 Å². The summed E-state index contributed by atoms with van der Waals surface area (Å²) in [5, 5.41) is 0.310. The molecule has 1 aromatic carbocycles. The van der Waals surface area contributed by atoms with E-state index in [-0.39, 0.29) is 5.82 Å². The number of aromatic nitrogens is 2. The normalized spacial score (nSPS) is 14.2. The molecule has 0 saturated heterocycles.